The second kappa shape index (κ2) is 77.8. The summed E-state index contributed by atoms with van der Waals surface area (Å²) in [6.45, 7) is 7.40. The Hall–Kier alpha value is -1.94. The van der Waals surface area contributed by atoms with Crippen molar-refractivity contribution in [3.05, 3.63) is 0 Å². The van der Waals surface area contributed by atoms with Gasteiger partial charge < -0.3 is 33.8 Å². The number of hydrogen-bond acceptors (Lipinski definition) is 15. The van der Waals surface area contributed by atoms with E-state index in [0.717, 1.165) is 95.8 Å². The van der Waals surface area contributed by atoms with Crippen LogP contribution in [0.3, 0.4) is 0 Å². The molecule has 0 aliphatic carbocycles. The van der Waals surface area contributed by atoms with Gasteiger partial charge in [-0.25, -0.2) is 9.13 Å². The first-order valence-electron chi connectivity index (χ1n) is 44.2. The topological polar surface area (TPSA) is 237 Å². The Morgan fingerprint density at radius 3 is 0.683 bits per heavy atom. The molecule has 0 amide bonds. The van der Waals surface area contributed by atoms with E-state index in [1.807, 2.05) is 0 Å². The van der Waals surface area contributed by atoms with Gasteiger partial charge in [0, 0.05) is 25.7 Å². The average Bonchev–Trinajstić information content (AvgIpc) is 0.906. The molecule has 17 nitrogen and oxygen atoms in total. The number of rotatable bonds is 85. The molecule has 0 aromatic carbocycles. The molecule has 618 valence electrons. The highest BCUT2D eigenvalue weighted by Crippen LogP contribution is 2.45. The zero-order valence-electron chi connectivity index (χ0n) is 68.2. The molecule has 6 atom stereocenters. The number of carbonyl (C=O) groups is 4. The van der Waals surface area contributed by atoms with Crippen molar-refractivity contribution in [2.75, 3.05) is 39.6 Å². The lowest BCUT2D eigenvalue weighted by Gasteiger charge is -2.21. The van der Waals surface area contributed by atoms with E-state index in [1.165, 1.54) is 283 Å². The molecule has 19 heteroatoms. The zero-order chi connectivity index (χ0) is 76.2. The van der Waals surface area contributed by atoms with Gasteiger partial charge in [-0.2, -0.15) is 0 Å². The number of hydrogen-bond donors (Lipinski definition) is 3. The lowest BCUT2D eigenvalue weighted by atomic mass is 9.99. The smallest absolute Gasteiger partial charge is 0.462 e. The molecular weight excluding hydrogens is 1350 g/mol. The van der Waals surface area contributed by atoms with E-state index >= 15 is 0 Å². The van der Waals surface area contributed by atoms with E-state index in [0.29, 0.717) is 25.7 Å². The summed E-state index contributed by atoms with van der Waals surface area (Å²) in [4.78, 5) is 73.1. The van der Waals surface area contributed by atoms with Gasteiger partial charge >= 0.3 is 39.5 Å². The van der Waals surface area contributed by atoms with Gasteiger partial charge in [0.05, 0.1) is 26.4 Å². The van der Waals surface area contributed by atoms with Crippen molar-refractivity contribution in [3.8, 4) is 0 Å². The Balaban J connectivity index is 5.20. The molecule has 0 saturated heterocycles. The summed E-state index contributed by atoms with van der Waals surface area (Å²) in [6, 6.07) is 0. The van der Waals surface area contributed by atoms with Gasteiger partial charge in [0.25, 0.3) is 0 Å². The maximum Gasteiger partial charge on any atom is 0.472 e. The first-order valence-corrected chi connectivity index (χ1v) is 47.2. The fraction of sp³-hybridized carbons (Fsp3) is 0.953. The fourth-order valence-electron chi connectivity index (χ4n) is 13.3. The van der Waals surface area contributed by atoms with Crippen LogP contribution in [0.1, 0.15) is 458 Å². The molecule has 0 aromatic rings. The predicted octanol–water partition coefficient (Wildman–Crippen LogP) is 26.0. The number of phosphoric acid groups is 2. The molecule has 0 rings (SSSR count). The SMILES string of the molecule is CCCCCCCCCCCCCCCCCCCCCCCCC(=O)O[C@H](COC(=O)CCCCCCCCCCCCCCCCC(C)CC)COP(=O)(O)OC[C@@H](O)COP(=O)(O)OC[C@@H](COC(=O)CCCCCCCCCCC)OC(=O)CCCCCCCCCCCCCCCCC. The molecule has 0 radical (unpaired) electrons. The monoisotopic (exact) mass is 1520 g/mol. The third-order valence-corrected chi connectivity index (χ3v) is 22.3. The van der Waals surface area contributed by atoms with E-state index in [1.54, 1.807) is 0 Å². The second-order valence-electron chi connectivity index (χ2n) is 30.8. The van der Waals surface area contributed by atoms with Crippen LogP contribution in [0.15, 0.2) is 0 Å². The highest BCUT2D eigenvalue weighted by molar-refractivity contribution is 7.47. The van der Waals surface area contributed by atoms with Crippen molar-refractivity contribution in [3.63, 3.8) is 0 Å². The number of aliphatic hydroxyl groups is 1. The van der Waals surface area contributed by atoms with E-state index in [2.05, 4.69) is 34.6 Å². The first kappa shape index (κ1) is 102. The van der Waals surface area contributed by atoms with Crippen molar-refractivity contribution in [1.29, 1.82) is 0 Å². The summed E-state index contributed by atoms with van der Waals surface area (Å²) >= 11 is 0. The number of aliphatic hydroxyl groups excluding tert-OH is 1. The molecule has 0 bridgehead atoms. The van der Waals surface area contributed by atoms with Gasteiger partial charge in [-0.1, -0.05) is 407 Å². The lowest BCUT2D eigenvalue weighted by Crippen LogP contribution is -2.30. The van der Waals surface area contributed by atoms with Gasteiger partial charge in [0.15, 0.2) is 12.2 Å². The Morgan fingerprint density at radius 1 is 0.269 bits per heavy atom. The van der Waals surface area contributed by atoms with Crippen molar-refractivity contribution >= 4 is 39.5 Å². The molecule has 0 spiro atoms. The van der Waals surface area contributed by atoms with Crippen LogP contribution in [-0.4, -0.2) is 96.7 Å². The van der Waals surface area contributed by atoms with Crippen LogP contribution >= 0.6 is 15.6 Å². The number of esters is 4. The quantitative estimate of drug-likeness (QED) is 0.0222. The molecule has 0 aromatic heterocycles. The van der Waals surface area contributed by atoms with Crippen molar-refractivity contribution < 1.29 is 80.2 Å². The molecule has 0 heterocycles. The predicted molar refractivity (Wildman–Crippen MR) is 428 cm³/mol. The fourth-order valence-corrected chi connectivity index (χ4v) is 14.8. The van der Waals surface area contributed by atoms with Crippen LogP contribution in [-0.2, 0) is 65.4 Å². The van der Waals surface area contributed by atoms with Crippen LogP contribution in [0.5, 0.6) is 0 Å². The number of phosphoric ester groups is 2. The summed E-state index contributed by atoms with van der Waals surface area (Å²) in [7, 11) is -9.92. The maximum atomic E-state index is 13.1. The highest BCUT2D eigenvalue weighted by Gasteiger charge is 2.30. The molecule has 104 heavy (non-hydrogen) atoms. The van der Waals surface area contributed by atoms with Crippen LogP contribution < -0.4 is 0 Å². The Bertz CT molecular complexity index is 1980. The Kier molecular flexibility index (Phi) is 76.3. The highest BCUT2D eigenvalue weighted by atomic mass is 31.2. The minimum Gasteiger partial charge on any atom is -0.462 e. The van der Waals surface area contributed by atoms with Gasteiger partial charge in [-0.05, 0) is 31.6 Å². The molecule has 0 saturated carbocycles. The van der Waals surface area contributed by atoms with E-state index in [-0.39, 0.29) is 25.7 Å². The minimum absolute atomic E-state index is 0.109. The van der Waals surface area contributed by atoms with Gasteiger partial charge in [0.2, 0.25) is 0 Å². The summed E-state index contributed by atoms with van der Waals surface area (Å²) in [5.74, 6) is -1.25. The van der Waals surface area contributed by atoms with Crippen LogP contribution in [0, 0.1) is 5.92 Å². The average molecular weight is 1520 g/mol. The van der Waals surface area contributed by atoms with Crippen molar-refractivity contribution in [2.24, 2.45) is 5.92 Å². The Morgan fingerprint density at radius 2 is 0.462 bits per heavy atom. The summed E-state index contributed by atoms with van der Waals surface area (Å²) in [5.41, 5.74) is 0. The molecule has 3 unspecified atom stereocenters. The summed E-state index contributed by atoms with van der Waals surface area (Å²) in [6.07, 6.45) is 70.8. The van der Waals surface area contributed by atoms with Crippen molar-refractivity contribution in [2.45, 2.75) is 477 Å². The zero-order valence-corrected chi connectivity index (χ0v) is 70.0. The molecule has 0 aliphatic rings. The van der Waals surface area contributed by atoms with Crippen LogP contribution in [0.4, 0.5) is 0 Å². The van der Waals surface area contributed by atoms with Gasteiger partial charge in [0.1, 0.15) is 19.3 Å². The van der Waals surface area contributed by atoms with E-state index in [9.17, 15) is 43.2 Å². The Labute approximate surface area is 638 Å². The van der Waals surface area contributed by atoms with Gasteiger partial charge in [-0.15, -0.1) is 0 Å². The molecule has 0 aliphatic heterocycles. The summed E-state index contributed by atoms with van der Waals surface area (Å²) < 4.78 is 68.8. The third kappa shape index (κ3) is 76.8. The normalized spacial score (nSPS) is 14.0. The van der Waals surface area contributed by atoms with Crippen LogP contribution in [0.25, 0.3) is 0 Å². The largest absolute Gasteiger partial charge is 0.472 e. The molecular formula is C85H166O17P2. The lowest BCUT2D eigenvalue weighted by molar-refractivity contribution is -0.161. The second-order valence-corrected chi connectivity index (χ2v) is 33.7. The van der Waals surface area contributed by atoms with Crippen LogP contribution in [0.2, 0.25) is 0 Å². The standard InChI is InChI=1S/C85H166O17P2/c1-6-10-13-16-19-22-24-26-28-29-30-31-32-33-34-36-42-46-51-56-61-66-71-85(90)102-81(75-96-83(88)69-64-59-54-49-44-40-38-37-39-43-48-52-57-62-67-78(5)9-4)77-100-104(93,94)98-73-79(86)72-97-103(91,92)99-76-80(74-95-82(87)68-63-58-53-47-21-18-15-12-8-3)101-84(89)70-65-60-55-50-45-41-35-27-25-23-20-17-14-11-7-2/h78-81,86H,6-77H2,1-5H3,(H,91,92)(H,93,94)/t78?,79-,80+,81+/m0/s1. The van der Waals surface area contributed by atoms with E-state index < -0.39 is 97.5 Å². The first-order chi connectivity index (χ1) is 50.6. The van der Waals surface area contributed by atoms with Crippen molar-refractivity contribution in [1.82, 2.24) is 0 Å². The molecule has 3 N–H and O–H groups in total. The van der Waals surface area contributed by atoms with E-state index in [4.69, 9.17) is 37.0 Å². The van der Waals surface area contributed by atoms with Gasteiger partial charge in [-0.3, -0.25) is 37.3 Å². The third-order valence-electron chi connectivity index (χ3n) is 20.4. The number of unbranched alkanes of at least 4 members (excludes halogenated alkanes) is 56. The minimum atomic E-state index is -4.96. The molecule has 0 fully saturated rings. The summed E-state index contributed by atoms with van der Waals surface area (Å²) in [5, 5.41) is 10.7. The number of ether oxygens (including phenoxy) is 4. The number of carbonyl (C=O) groups excluding carboxylic acids is 4. The maximum absolute atomic E-state index is 13.1.